The van der Waals surface area contributed by atoms with Crippen LogP contribution in [0.25, 0.3) is 0 Å². The molecule has 20 heteroatoms. The molecule has 0 aromatic carbocycles. The number of likely N-dealkylation sites (tertiary alicyclic amines) is 1. The molecule has 0 aromatic rings. The van der Waals surface area contributed by atoms with Crippen molar-refractivity contribution >= 4 is 49.0 Å². The Morgan fingerprint density at radius 3 is 2.00 bits per heavy atom. The monoisotopic (exact) mass is 724 g/mol. The number of ether oxygens (including phenoxy) is 1. The van der Waals surface area contributed by atoms with Crippen molar-refractivity contribution in [3.63, 3.8) is 0 Å². The summed E-state index contributed by atoms with van der Waals surface area (Å²) in [5.41, 5.74) is -0.992. The van der Waals surface area contributed by atoms with Crippen LogP contribution in [0.5, 0.6) is 0 Å². The van der Waals surface area contributed by atoms with Crippen LogP contribution < -0.4 is 5.32 Å². The number of phosphoric ester groups is 1. The van der Waals surface area contributed by atoms with Gasteiger partial charge in [-0.15, -0.1) is 23.4 Å². The first-order valence-electron chi connectivity index (χ1n) is 12.2. The number of hydrogen-bond donors (Lipinski definition) is 7. The Hall–Kier alpha value is -0.457. The number of alkyl halides is 1. The van der Waals surface area contributed by atoms with E-state index >= 15 is 0 Å². The van der Waals surface area contributed by atoms with E-state index in [0.29, 0.717) is 5.92 Å². The second-order valence-electron chi connectivity index (χ2n) is 9.34. The maximum Gasteiger partial charge on any atom is 0.470 e. The van der Waals surface area contributed by atoms with Crippen molar-refractivity contribution in [2.75, 3.05) is 19.8 Å². The van der Waals surface area contributed by atoms with E-state index < -0.39 is 61.0 Å². The minimum Gasteiger partial charge on any atom is -0.481 e. The van der Waals surface area contributed by atoms with Crippen molar-refractivity contribution in [2.24, 2.45) is 5.92 Å². The van der Waals surface area contributed by atoms with Gasteiger partial charge in [-0.05, 0) is 39.0 Å². The van der Waals surface area contributed by atoms with Crippen molar-refractivity contribution in [2.45, 2.75) is 94.3 Å². The first-order chi connectivity index (χ1) is 17.9. The minimum absolute atomic E-state index is 0. The maximum absolute atomic E-state index is 13.0. The minimum atomic E-state index is -4.93. The number of aliphatic hydroxyl groups is 2. The SMILES string of the molecule is CC(=O)O.CC(=O)O.CCC[C@@H]1C[C@@H](C(=O)N[C@@H]([C@H]2O[C@H](SC)[C@H](OP(=O)(O)O)[C@@H](O)[C@H]2O)[C@H](C)Cl)N(C)C1.O.O.[Zn]. The Labute approximate surface area is 267 Å². The molecule has 42 heavy (non-hydrogen) atoms. The van der Waals surface area contributed by atoms with Gasteiger partial charge in [-0.3, -0.25) is 23.8 Å². The van der Waals surface area contributed by atoms with Crippen LogP contribution in [0.1, 0.15) is 47.0 Å². The zero-order valence-electron chi connectivity index (χ0n) is 24.5. The van der Waals surface area contributed by atoms with Crippen LogP contribution in [0.15, 0.2) is 0 Å². The predicted molar refractivity (Wildman–Crippen MR) is 152 cm³/mol. The fraction of sp³-hybridized carbons (Fsp3) is 0.864. The summed E-state index contributed by atoms with van der Waals surface area (Å²) in [6, 6.07) is -1.18. The molecule has 2 heterocycles. The van der Waals surface area contributed by atoms with Crippen LogP contribution in [-0.4, -0.2) is 131 Å². The summed E-state index contributed by atoms with van der Waals surface area (Å²) in [7, 11) is -3.04. The Morgan fingerprint density at radius 1 is 1.14 bits per heavy atom. The zero-order valence-corrected chi connectivity index (χ0v) is 30.0. The summed E-state index contributed by atoms with van der Waals surface area (Å²) in [6.07, 6.45) is -1.37. The van der Waals surface area contributed by atoms with Crippen LogP contribution in [0.4, 0.5) is 0 Å². The molecule has 2 rings (SSSR count). The van der Waals surface area contributed by atoms with Crippen LogP contribution >= 0.6 is 31.2 Å². The van der Waals surface area contributed by atoms with Crippen LogP contribution in [-0.2, 0) is 47.7 Å². The molecule has 248 valence electrons. The van der Waals surface area contributed by atoms with Gasteiger partial charge >= 0.3 is 7.82 Å². The normalized spacial score (nSPS) is 28.4. The van der Waals surface area contributed by atoms with Crippen molar-refractivity contribution in [3.8, 4) is 0 Å². The molecule has 0 saturated carbocycles. The molecule has 2 aliphatic heterocycles. The molecule has 0 radical (unpaired) electrons. The van der Waals surface area contributed by atoms with Crippen molar-refractivity contribution < 1.29 is 88.9 Å². The molecule has 0 aliphatic carbocycles. The Balaban J connectivity index is -0.000000583. The summed E-state index contributed by atoms with van der Waals surface area (Å²) in [6.45, 7) is 6.74. The molecule has 0 bridgehead atoms. The van der Waals surface area contributed by atoms with Gasteiger partial charge in [0.15, 0.2) is 0 Å². The maximum atomic E-state index is 13.0. The summed E-state index contributed by atoms with van der Waals surface area (Å²) in [5, 5.41) is 38.2. The number of carboxylic acid groups (broad SMARTS) is 2. The van der Waals surface area contributed by atoms with E-state index in [0.717, 1.165) is 51.4 Å². The molecule has 11 N–H and O–H groups in total. The molecule has 2 saturated heterocycles. The van der Waals surface area contributed by atoms with Gasteiger partial charge in [-0.1, -0.05) is 13.3 Å². The van der Waals surface area contributed by atoms with Crippen molar-refractivity contribution in [3.05, 3.63) is 0 Å². The van der Waals surface area contributed by atoms with E-state index in [1.54, 1.807) is 13.2 Å². The van der Waals surface area contributed by atoms with Crippen LogP contribution in [0.3, 0.4) is 0 Å². The van der Waals surface area contributed by atoms with E-state index in [2.05, 4.69) is 16.8 Å². The summed E-state index contributed by atoms with van der Waals surface area (Å²) >= 11 is 7.38. The number of phosphoric acid groups is 1. The summed E-state index contributed by atoms with van der Waals surface area (Å²) in [5.74, 6) is -1.47. The van der Waals surface area contributed by atoms with Gasteiger partial charge in [0.1, 0.15) is 29.9 Å². The number of nitrogens with one attached hydrogen (secondary N) is 1. The number of aliphatic hydroxyl groups excluding tert-OH is 2. The van der Waals surface area contributed by atoms with Gasteiger partial charge in [0, 0.05) is 39.9 Å². The average molecular weight is 726 g/mol. The van der Waals surface area contributed by atoms with E-state index in [9.17, 15) is 19.6 Å². The number of amides is 1. The van der Waals surface area contributed by atoms with Gasteiger partial charge < -0.3 is 51.2 Å². The Kier molecular flexibility index (Phi) is 26.5. The fourth-order valence-corrected chi connectivity index (χ4v) is 5.93. The number of likely N-dealkylation sites (N-methyl/N-ethyl adjacent to an activating group) is 1. The fourth-order valence-electron chi connectivity index (χ4n) is 4.37. The largest absolute Gasteiger partial charge is 0.481 e. The second kappa shape index (κ2) is 23.0. The van der Waals surface area contributed by atoms with E-state index in [1.807, 2.05) is 11.9 Å². The Bertz CT molecular complexity index is 823. The van der Waals surface area contributed by atoms with Gasteiger partial charge in [-0.2, -0.15) is 0 Å². The Morgan fingerprint density at radius 2 is 1.62 bits per heavy atom. The standard InChI is InChI=1S/C18H34ClN2O8PS.2C2H4O2.2H2O.Zn/c1-5-6-10-7-11(21(3)8-10)17(24)20-12(9(2)19)15-13(22)14(23)16(18(28-15)31-4)29-30(25,26)27;2*1-2(3)4;;;/h9-16,18,22-23H,5-8H2,1-4H3,(H,20,24)(H2,25,26,27);2*1H3,(H,3,4);2*1H2;/t9-,10+,11-,12+,13+,14-,15+,16+,18+;;;;;/m0...../s1. The van der Waals surface area contributed by atoms with Gasteiger partial charge in [0.05, 0.1) is 17.5 Å². The van der Waals surface area contributed by atoms with E-state index in [4.69, 9.17) is 45.9 Å². The number of aliphatic carboxylic acids is 2. The molecule has 2 fully saturated rings. The van der Waals surface area contributed by atoms with Crippen molar-refractivity contribution in [1.82, 2.24) is 10.2 Å². The number of halogens is 1. The smallest absolute Gasteiger partial charge is 0.470 e. The molecular formula is C22H46ClN2O14PSZn. The molecule has 0 unspecified atom stereocenters. The third-order valence-corrected chi connectivity index (χ3v) is 7.50. The molecule has 0 spiro atoms. The van der Waals surface area contributed by atoms with Gasteiger partial charge in [0.2, 0.25) is 5.91 Å². The quantitative estimate of drug-likeness (QED) is 0.0856. The second-order valence-corrected chi connectivity index (χ2v) is 12.2. The summed E-state index contributed by atoms with van der Waals surface area (Å²) in [4.78, 5) is 51.3. The molecule has 2 aliphatic rings. The molecule has 9 atom stereocenters. The van der Waals surface area contributed by atoms with Crippen LogP contribution in [0.2, 0.25) is 0 Å². The first-order valence-corrected chi connectivity index (χ1v) is 15.4. The molecular weight excluding hydrogens is 680 g/mol. The number of carboxylic acids is 2. The van der Waals surface area contributed by atoms with Crippen LogP contribution in [0, 0.1) is 5.92 Å². The number of rotatable bonds is 9. The topological polar surface area (TPSA) is 286 Å². The number of carbonyl (C=O) groups excluding carboxylic acids is 1. The number of nitrogens with zero attached hydrogens (tertiary/aromatic N) is 1. The molecule has 0 aromatic heterocycles. The molecule has 1 amide bonds. The number of thioether (sulfide) groups is 1. The van der Waals surface area contributed by atoms with Crippen molar-refractivity contribution in [1.29, 1.82) is 0 Å². The van der Waals surface area contributed by atoms with E-state index in [1.165, 1.54) is 0 Å². The average Bonchev–Trinajstić information content (AvgIpc) is 3.14. The van der Waals surface area contributed by atoms with Gasteiger partial charge in [0.25, 0.3) is 11.9 Å². The summed E-state index contributed by atoms with van der Waals surface area (Å²) < 4.78 is 21.7. The third-order valence-electron chi connectivity index (χ3n) is 5.87. The third kappa shape index (κ3) is 17.7. The zero-order chi connectivity index (χ0) is 30.7. The van der Waals surface area contributed by atoms with E-state index in [-0.39, 0.29) is 42.4 Å². The first kappa shape index (κ1) is 48.4. The number of carbonyl (C=O) groups is 3. The number of hydrogen-bond acceptors (Lipinski definition) is 10. The van der Waals surface area contributed by atoms with Gasteiger partial charge in [-0.25, -0.2) is 4.57 Å². The molecule has 16 nitrogen and oxygen atoms in total. The predicted octanol–water partition coefficient (Wildman–Crippen LogP) is -0.964.